The molecule has 1 atom stereocenters. The van der Waals surface area contributed by atoms with E-state index in [2.05, 4.69) is 5.32 Å². The van der Waals surface area contributed by atoms with Gasteiger partial charge in [0.2, 0.25) is 5.91 Å². The standard InChI is InChI=1S/C14H20N2O3/c1-10-12(15-8-11(18)9-17)4-2-5-13(10)16-7-3-6-14(16)19/h2,4-5,11,15,17-18H,3,6-9H2,1H3. The summed E-state index contributed by atoms with van der Waals surface area (Å²) in [5, 5.41) is 21.3. The van der Waals surface area contributed by atoms with E-state index in [9.17, 15) is 9.90 Å². The van der Waals surface area contributed by atoms with Gasteiger partial charge in [0.1, 0.15) is 0 Å². The largest absolute Gasteiger partial charge is 0.394 e. The van der Waals surface area contributed by atoms with Crippen LogP contribution in [0.25, 0.3) is 0 Å². The molecule has 0 radical (unpaired) electrons. The maximum atomic E-state index is 11.8. The van der Waals surface area contributed by atoms with Crippen molar-refractivity contribution >= 4 is 17.3 Å². The smallest absolute Gasteiger partial charge is 0.227 e. The Bertz CT molecular complexity index is 462. The van der Waals surface area contributed by atoms with Crippen LogP contribution < -0.4 is 10.2 Å². The Labute approximate surface area is 112 Å². The van der Waals surface area contributed by atoms with E-state index in [1.807, 2.05) is 30.0 Å². The molecule has 0 saturated carbocycles. The Kier molecular flexibility index (Phi) is 4.39. The number of aliphatic hydroxyl groups is 2. The third-order valence-electron chi connectivity index (χ3n) is 3.41. The molecule has 1 aromatic rings. The molecule has 5 nitrogen and oxygen atoms in total. The summed E-state index contributed by atoms with van der Waals surface area (Å²) in [6, 6.07) is 5.73. The molecule has 1 fully saturated rings. The van der Waals surface area contributed by atoms with Crippen LogP contribution in [0.1, 0.15) is 18.4 Å². The highest BCUT2D eigenvalue weighted by Gasteiger charge is 2.23. The minimum absolute atomic E-state index is 0.163. The highest BCUT2D eigenvalue weighted by molar-refractivity contribution is 5.96. The van der Waals surface area contributed by atoms with Crippen molar-refractivity contribution in [2.24, 2.45) is 0 Å². The third-order valence-corrected chi connectivity index (χ3v) is 3.41. The van der Waals surface area contributed by atoms with Crippen LogP contribution in [0.4, 0.5) is 11.4 Å². The molecule has 3 N–H and O–H groups in total. The van der Waals surface area contributed by atoms with E-state index in [0.717, 1.165) is 29.9 Å². The molecule has 19 heavy (non-hydrogen) atoms. The molecule has 1 aromatic carbocycles. The second-order valence-corrected chi connectivity index (χ2v) is 4.82. The van der Waals surface area contributed by atoms with Crippen molar-refractivity contribution < 1.29 is 15.0 Å². The van der Waals surface area contributed by atoms with Gasteiger partial charge in [0.15, 0.2) is 0 Å². The van der Waals surface area contributed by atoms with E-state index < -0.39 is 6.10 Å². The molecule has 0 spiro atoms. The third kappa shape index (κ3) is 3.05. The SMILES string of the molecule is Cc1c(NCC(O)CO)cccc1N1CCCC1=O. The predicted octanol–water partition coefficient (Wildman–Crippen LogP) is 0.887. The Morgan fingerprint density at radius 1 is 1.47 bits per heavy atom. The zero-order chi connectivity index (χ0) is 13.8. The Balaban J connectivity index is 2.15. The highest BCUT2D eigenvalue weighted by Crippen LogP contribution is 2.29. The first-order valence-corrected chi connectivity index (χ1v) is 6.56. The summed E-state index contributed by atoms with van der Waals surface area (Å²) in [5.41, 5.74) is 2.79. The fraction of sp³-hybridized carbons (Fsp3) is 0.500. The lowest BCUT2D eigenvalue weighted by molar-refractivity contribution is -0.117. The van der Waals surface area contributed by atoms with Crippen LogP contribution in [0, 0.1) is 6.92 Å². The second-order valence-electron chi connectivity index (χ2n) is 4.82. The average molecular weight is 264 g/mol. The minimum Gasteiger partial charge on any atom is -0.394 e. The monoisotopic (exact) mass is 264 g/mol. The van der Waals surface area contributed by atoms with Crippen molar-refractivity contribution in [3.05, 3.63) is 23.8 Å². The van der Waals surface area contributed by atoms with Crippen molar-refractivity contribution in [2.75, 3.05) is 29.9 Å². The number of nitrogens with zero attached hydrogens (tertiary/aromatic N) is 1. The first-order chi connectivity index (χ1) is 9.13. The summed E-state index contributed by atoms with van der Waals surface area (Å²) in [6.45, 7) is 2.74. The molecular formula is C14H20N2O3. The molecular weight excluding hydrogens is 244 g/mol. The lowest BCUT2D eigenvalue weighted by Crippen LogP contribution is -2.26. The van der Waals surface area contributed by atoms with E-state index in [1.54, 1.807) is 0 Å². The number of benzene rings is 1. The van der Waals surface area contributed by atoms with Gasteiger partial charge in [0.05, 0.1) is 12.7 Å². The quantitative estimate of drug-likeness (QED) is 0.738. The van der Waals surface area contributed by atoms with Crippen LogP contribution >= 0.6 is 0 Å². The molecule has 1 unspecified atom stereocenters. The van der Waals surface area contributed by atoms with Gasteiger partial charge in [-0.05, 0) is 31.0 Å². The average Bonchev–Trinajstić information content (AvgIpc) is 2.83. The molecule has 5 heteroatoms. The second kappa shape index (κ2) is 6.04. The summed E-state index contributed by atoms with van der Waals surface area (Å²) < 4.78 is 0. The van der Waals surface area contributed by atoms with Crippen LogP contribution in [0.3, 0.4) is 0 Å². The maximum Gasteiger partial charge on any atom is 0.227 e. The summed E-state index contributed by atoms with van der Waals surface area (Å²) in [6.07, 6.45) is 0.732. The lowest BCUT2D eigenvalue weighted by atomic mass is 10.1. The van der Waals surface area contributed by atoms with Gasteiger partial charge in [0.25, 0.3) is 0 Å². The molecule has 2 rings (SSSR count). The van der Waals surface area contributed by atoms with Crippen molar-refractivity contribution in [2.45, 2.75) is 25.9 Å². The topological polar surface area (TPSA) is 72.8 Å². The molecule has 1 amide bonds. The highest BCUT2D eigenvalue weighted by atomic mass is 16.3. The number of hydrogen-bond donors (Lipinski definition) is 3. The number of carbonyl (C=O) groups is 1. The van der Waals surface area contributed by atoms with Crippen molar-refractivity contribution in [1.82, 2.24) is 0 Å². The minimum atomic E-state index is -0.781. The Morgan fingerprint density at radius 2 is 2.26 bits per heavy atom. The first-order valence-electron chi connectivity index (χ1n) is 6.56. The number of nitrogens with one attached hydrogen (secondary N) is 1. The Morgan fingerprint density at radius 3 is 2.89 bits per heavy atom. The van der Waals surface area contributed by atoms with Crippen molar-refractivity contribution in [1.29, 1.82) is 0 Å². The van der Waals surface area contributed by atoms with Gasteiger partial charge in [-0.2, -0.15) is 0 Å². The molecule has 1 saturated heterocycles. The van der Waals surface area contributed by atoms with Crippen LogP contribution in [0.15, 0.2) is 18.2 Å². The normalized spacial score (nSPS) is 16.8. The van der Waals surface area contributed by atoms with Crippen LogP contribution in [-0.2, 0) is 4.79 Å². The van der Waals surface area contributed by atoms with Crippen molar-refractivity contribution in [3.8, 4) is 0 Å². The Hall–Kier alpha value is -1.59. The summed E-state index contributed by atoms with van der Waals surface area (Å²) in [7, 11) is 0. The van der Waals surface area contributed by atoms with E-state index in [0.29, 0.717) is 6.42 Å². The van der Waals surface area contributed by atoms with Crippen LogP contribution in [-0.4, -0.2) is 41.9 Å². The maximum absolute atomic E-state index is 11.8. The summed E-state index contributed by atoms with van der Waals surface area (Å²) >= 11 is 0. The number of rotatable bonds is 5. The number of aliphatic hydroxyl groups excluding tert-OH is 2. The molecule has 0 bridgehead atoms. The van der Waals surface area contributed by atoms with E-state index in [-0.39, 0.29) is 19.1 Å². The summed E-state index contributed by atoms with van der Waals surface area (Å²) in [5.74, 6) is 0.163. The van der Waals surface area contributed by atoms with Crippen LogP contribution in [0.2, 0.25) is 0 Å². The number of carbonyl (C=O) groups excluding carboxylic acids is 1. The van der Waals surface area contributed by atoms with Crippen molar-refractivity contribution in [3.63, 3.8) is 0 Å². The molecule has 1 heterocycles. The molecule has 104 valence electrons. The van der Waals surface area contributed by atoms with Crippen LogP contribution in [0.5, 0.6) is 0 Å². The fourth-order valence-electron chi connectivity index (χ4n) is 2.30. The van der Waals surface area contributed by atoms with Gasteiger partial charge in [-0.25, -0.2) is 0 Å². The lowest BCUT2D eigenvalue weighted by Gasteiger charge is -2.21. The molecule has 0 aromatic heterocycles. The van der Waals surface area contributed by atoms with Gasteiger partial charge in [-0.15, -0.1) is 0 Å². The molecule has 1 aliphatic rings. The van der Waals surface area contributed by atoms with E-state index in [1.165, 1.54) is 0 Å². The summed E-state index contributed by atoms with van der Waals surface area (Å²) in [4.78, 5) is 13.6. The molecule has 0 aliphatic carbocycles. The van der Waals surface area contributed by atoms with Gasteiger partial charge in [-0.1, -0.05) is 6.07 Å². The van der Waals surface area contributed by atoms with Gasteiger partial charge in [-0.3, -0.25) is 4.79 Å². The first kappa shape index (κ1) is 13.8. The number of anilines is 2. The van der Waals surface area contributed by atoms with Gasteiger partial charge >= 0.3 is 0 Å². The zero-order valence-corrected chi connectivity index (χ0v) is 11.1. The van der Waals surface area contributed by atoms with E-state index in [4.69, 9.17) is 5.11 Å². The van der Waals surface area contributed by atoms with Gasteiger partial charge < -0.3 is 20.4 Å². The van der Waals surface area contributed by atoms with Gasteiger partial charge in [0, 0.05) is 30.9 Å². The predicted molar refractivity (Wildman–Crippen MR) is 74.3 cm³/mol. The molecule has 1 aliphatic heterocycles. The fourth-order valence-corrected chi connectivity index (χ4v) is 2.30. The zero-order valence-electron chi connectivity index (χ0n) is 11.1. The number of amides is 1. The van der Waals surface area contributed by atoms with E-state index >= 15 is 0 Å². The number of hydrogen-bond acceptors (Lipinski definition) is 4.